The van der Waals surface area contributed by atoms with Gasteiger partial charge in [-0.05, 0) is 11.4 Å². The largest absolute Gasteiger partial charge is 0.454 e. The summed E-state index contributed by atoms with van der Waals surface area (Å²) in [6.45, 7) is 0.638. The van der Waals surface area contributed by atoms with Crippen molar-refractivity contribution in [3.05, 3.63) is 44.6 Å². The smallest absolute Gasteiger partial charge is 0.296 e. The number of thiophene rings is 1. The van der Waals surface area contributed by atoms with Crippen LogP contribution >= 0.6 is 11.3 Å². The number of hydrogen-bond acceptors (Lipinski definition) is 6. The minimum Gasteiger partial charge on any atom is -0.454 e. The maximum atomic E-state index is 11.1. The topological polar surface area (TPSA) is 73.6 Å². The van der Waals surface area contributed by atoms with Crippen LogP contribution in [0.3, 0.4) is 0 Å². The molecule has 1 aromatic carbocycles. The van der Waals surface area contributed by atoms with E-state index < -0.39 is 4.92 Å². The molecule has 98 valence electrons. The Labute approximate surface area is 112 Å². The lowest BCUT2D eigenvalue weighted by molar-refractivity contribution is -0.384. The van der Waals surface area contributed by atoms with Crippen LogP contribution in [0.1, 0.15) is 4.88 Å². The quantitative estimate of drug-likeness (QED) is 0.687. The second-order valence-corrected chi connectivity index (χ2v) is 4.94. The first-order chi connectivity index (χ1) is 9.24. The van der Waals surface area contributed by atoms with Crippen molar-refractivity contribution in [2.75, 3.05) is 12.1 Å². The molecule has 0 unspecified atom stereocenters. The zero-order valence-corrected chi connectivity index (χ0v) is 10.6. The van der Waals surface area contributed by atoms with E-state index in [-0.39, 0.29) is 12.5 Å². The van der Waals surface area contributed by atoms with E-state index in [1.54, 1.807) is 17.4 Å². The molecule has 0 aliphatic carbocycles. The molecule has 0 saturated carbocycles. The van der Waals surface area contributed by atoms with Gasteiger partial charge >= 0.3 is 0 Å². The summed E-state index contributed by atoms with van der Waals surface area (Å²) in [4.78, 5) is 11.7. The fraction of sp³-hybridized carbons (Fsp3) is 0.167. The van der Waals surface area contributed by atoms with Crippen molar-refractivity contribution in [1.82, 2.24) is 0 Å². The molecule has 7 heteroatoms. The third-order valence-corrected chi connectivity index (χ3v) is 3.60. The summed E-state index contributed by atoms with van der Waals surface area (Å²) in [6, 6.07) is 6.90. The van der Waals surface area contributed by atoms with Crippen LogP contribution in [0.4, 0.5) is 11.4 Å². The SMILES string of the molecule is O=[N+]([O-])c1cc2c(cc1NCc1cccs1)OCO2. The highest BCUT2D eigenvalue weighted by Crippen LogP contribution is 2.40. The highest BCUT2D eigenvalue weighted by molar-refractivity contribution is 7.09. The Balaban J connectivity index is 1.88. The van der Waals surface area contributed by atoms with Gasteiger partial charge in [0.2, 0.25) is 6.79 Å². The van der Waals surface area contributed by atoms with E-state index in [4.69, 9.17) is 9.47 Å². The highest BCUT2D eigenvalue weighted by Gasteiger charge is 2.23. The zero-order chi connectivity index (χ0) is 13.2. The van der Waals surface area contributed by atoms with Gasteiger partial charge in [-0.2, -0.15) is 0 Å². The monoisotopic (exact) mass is 278 g/mol. The average molecular weight is 278 g/mol. The molecule has 0 atom stereocenters. The third-order valence-electron chi connectivity index (χ3n) is 2.72. The van der Waals surface area contributed by atoms with Gasteiger partial charge < -0.3 is 14.8 Å². The Morgan fingerprint density at radius 3 is 2.84 bits per heavy atom. The Kier molecular flexibility index (Phi) is 2.96. The summed E-state index contributed by atoms with van der Waals surface area (Å²) in [5.74, 6) is 0.938. The molecule has 6 nitrogen and oxygen atoms in total. The summed E-state index contributed by atoms with van der Waals surface area (Å²) < 4.78 is 10.4. The average Bonchev–Trinajstić information content (AvgIpc) is 3.05. The van der Waals surface area contributed by atoms with Gasteiger partial charge in [-0.15, -0.1) is 11.3 Å². The van der Waals surface area contributed by atoms with Crippen LogP contribution in [0.25, 0.3) is 0 Å². The van der Waals surface area contributed by atoms with Crippen LogP contribution < -0.4 is 14.8 Å². The minimum absolute atomic E-state index is 0.0131. The number of hydrogen-bond donors (Lipinski definition) is 1. The fourth-order valence-electron chi connectivity index (χ4n) is 1.82. The third kappa shape index (κ3) is 2.32. The molecule has 0 bridgehead atoms. The second kappa shape index (κ2) is 4.77. The Bertz CT molecular complexity index is 612. The van der Waals surface area contributed by atoms with Crippen LogP contribution in [-0.2, 0) is 6.54 Å². The van der Waals surface area contributed by atoms with Crippen LogP contribution in [0, 0.1) is 10.1 Å². The lowest BCUT2D eigenvalue weighted by atomic mass is 10.2. The Hall–Kier alpha value is -2.28. The molecule has 1 aliphatic rings. The molecular formula is C12H10N2O4S. The van der Waals surface area contributed by atoms with Crippen molar-refractivity contribution in [2.24, 2.45) is 0 Å². The van der Waals surface area contributed by atoms with E-state index in [9.17, 15) is 10.1 Å². The maximum Gasteiger partial charge on any atom is 0.296 e. The van der Waals surface area contributed by atoms with E-state index >= 15 is 0 Å². The molecule has 0 radical (unpaired) electrons. The molecule has 2 aromatic rings. The van der Waals surface area contributed by atoms with Crippen molar-refractivity contribution in [1.29, 1.82) is 0 Å². The van der Waals surface area contributed by atoms with Gasteiger partial charge in [-0.25, -0.2) is 0 Å². The highest BCUT2D eigenvalue weighted by atomic mass is 32.1. The Morgan fingerprint density at radius 2 is 2.16 bits per heavy atom. The number of benzene rings is 1. The van der Waals surface area contributed by atoms with Gasteiger partial charge in [0.1, 0.15) is 5.69 Å². The molecule has 1 aliphatic heterocycles. The predicted octanol–water partition coefficient (Wildman–Crippen LogP) is 3.00. The van der Waals surface area contributed by atoms with Crippen molar-refractivity contribution in [2.45, 2.75) is 6.54 Å². The molecule has 0 saturated heterocycles. The van der Waals surface area contributed by atoms with Gasteiger partial charge in [0.25, 0.3) is 5.69 Å². The first-order valence-corrected chi connectivity index (χ1v) is 6.46. The lowest BCUT2D eigenvalue weighted by Gasteiger charge is -2.07. The molecule has 0 amide bonds. The molecule has 0 fully saturated rings. The first-order valence-electron chi connectivity index (χ1n) is 5.58. The summed E-state index contributed by atoms with van der Waals surface area (Å²) in [5, 5.41) is 16.1. The van der Waals surface area contributed by atoms with Crippen LogP contribution in [-0.4, -0.2) is 11.7 Å². The van der Waals surface area contributed by atoms with Gasteiger partial charge in [-0.3, -0.25) is 10.1 Å². The number of anilines is 1. The van der Waals surface area contributed by atoms with Crippen molar-refractivity contribution >= 4 is 22.7 Å². The van der Waals surface area contributed by atoms with Gasteiger partial charge in [0.15, 0.2) is 11.5 Å². The minimum atomic E-state index is -0.432. The standard InChI is InChI=1S/C12H10N2O4S/c15-14(16)10-5-12-11(17-7-18-12)4-9(10)13-6-8-2-1-3-19-8/h1-5,13H,6-7H2. The van der Waals surface area contributed by atoms with Gasteiger partial charge in [0, 0.05) is 17.5 Å². The Morgan fingerprint density at radius 1 is 1.37 bits per heavy atom. The van der Waals surface area contributed by atoms with Crippen LogP contribution in [0.2, 0.25) is 0 Å². The van der Waals surface area contributed by atoms with E-state index in [2.05, 4.69) is 5.32 Å². The molecule has 1 N–H and O–H groups in total. The van der Waals surface area contributed by atoms with Crippen molar-refractivity contribution in [3.63, 3.8) is 0 Å². The summed E-state index contributed by atoms with van der Waals surface area (Å²) in [6.07, 6.45) is 0. The molecule has 3 rings (SSSR count). The number of nitrogens with one attached hydrogen (secondary N) is 1. The van der Waals surface area contributed by atoms with E-state index in [1.165, 1.54) is 6.07 Å². The van der Waals surface area contributed by atoms with Crippen molar-refractivity contribution in [3.8, 4) is 11.5 Å². The number of nitrogens with zero attached hydrogens (tertiary/aromatic N) is 1. The van der Waals surface area contributed by atoms with Gasteiger partial charge in [-0.1, -0.05) is 6.07 Å². The molecular weight excluding hydrogens is 268 g/mol. The number of nitro groups is 1. The molecule has 2 heterocycles. The summed E-state index contributed by atoms with van der Waals surface area (Å²) in [7, 11) is 0. The van der Waals surface area contributed by atoms with Crippen LogP contribution in [0.5, 0.6) is 11.5 Å². The zero-order valence-electron chi connectivity index (χ0n) is 9.79. The van der Waals surface area contributed by atoms with Crippen molar-refractivity contribution < 1.29 is 14.4 Å². The lowest BCUT2D eigenvalue weighted by Crippen LogP contribution is -2.01. The normalized spacial score (nSPS) is 12.4. The summed E-state index contributed by atoms with van der Waals surface area (Å²) >= 11 is 1.59. The summed E-state index contributed by atoms with van der Waals surface area (Å²) in [5.41, 5.74) is 0.420. The van der Waals surface area contributed by atoms with Crippen LogP contribution in [0.15, 0.2) is 29.6 Å². The number of ether oxygens (including phenoxy) is 2. The molecule has 19 heavy (non-hydrogen) atoms. The first kappa shape index (κ1) is 11.8. The number of nitro benzene ring substituents is 1. The fourth-order valence-corrected chi connectivity index (χ4v) is 2.46. The van der Waals surface area contributed by atoms with E-state index in [0.29, 0.717) is 23.7 Å². The van der Waals surface area contributed by atoms with Gasteiger partial charge in [0.05, 0.1) is 11.0 Å². The molecule has 0 spiro atoms. The predicted molar refractivity (Wildman–Crippen MR) is 70.9 cm³/mol. The number of rotatable bonds is 4. The van der Waals surface area contributed by atoms with E-state index in [1.807, 2.05) is 17.5 Å². The van der Waals surface area contributed by atoms with E-state index in [0.717, 1.165) is 4.88 Å². The molecule has 1 aromatic heterocycles. The number of fused-ring (bicyclic) bond motifs is 1. The maximum absolute atomic E-state index is 11.1. The second-order valence-electron chi connectivity index (χ2n) is 3.91.